The second-order valence-corrected chi connectivity index (χ2v) is 7.48. The molecule has 0 aliphatic heterocycles. The summed E-state index contributed by atoms with van der Waals surface area (Å²) in [4.78, 5) is 18.0. The number of hydrogen-bond acceptors (Lipinski definition) is 3. The number of methoxy groups -OCH3 is 1. The Hall–Kier alpha value is -2.63. The Balaban J connectivity index is 1.69. The van der Waals surface area contributed by atoms with Gasteiger partial charge >= 0.3 is 0 Å². The summed E-state index contributed by atoms with van der Waals surface area (Å²) in [5.41, 5.74) is 4.71. The molecular weight excluding hydrogens is 374 g/mol. The first-order valence-electron chi connectivity index (χ1n) is 9.18. The number of fused-ring (bicyclic) bond motifs is 1. The molecule has 5 nitrogen and oxygen atoms in total. The van der Waals surface area contributed by atoms with Crippen LogP contribution in [0.5, 0.6) is 5.75 Å². The van der Waals surface area contributed by atoms with Gasteiger partial charge in [0, 0.05) is 22.7 Å². The van der Waals surface area contributed by atoms with Gasteiger partial charge in [0.1, 0.15) is 17.4 Å². The van der Waals surface area contributed by atoms with E-state index in [9.17, 15) is 4.79 Å². The van der Waals surface area contributed by atoms with Crippen LogP contribution in [-0.2, 0) is 11.3 Å². The number of aromatic nitrogens is 1. The summed E-state index contributed by atoms with van der Waals surface area (Å²) in [5, 5.41) is 4.48. The minimum Gasteiger partial charge on any atom is -0.497 e. The van der Waals surface area contributed by atoms with E-state index in [-0.39, 0.29) is 5.91 Å². The fraction of sp³-hybridized carbons (Fsp3) is 0.273. The standard InChI is InChI=1S/C22H24ClN3O2/c1-14-6-5-7-15(2)21(14)25-20(27)13-26(3)12-17-10-16-8-9-18(28-4)11-19(16)24-22(17)23/h5-11H,12-13H2,1-4H3,(H,25,27)/p+1. The monoisotopic (exact) mass is 398 g/mol. The molecule has 1 atom stereocenters. The van der Waals surface area contributed by atoms with E-state index in [2.05, 4.69) is 10.3 Å². The zero-order chi connectivity index (χ0) is 20.3. The van der Waals surface area contributed by atoms with Crippen molar-refractivity contribution in [3.8, 4) is 5.75 Å². The molecule has 1 aromatic heterocycles. The van der Waals surface area contributed by atoms with Crippen LogP contribution in [0.2, 0.25) is 5.15 Å². The van der Waals surface area contributed by atoms with E-state index >= 15 is 0 Å². The number of amides is 1. The van der Waals surface area contributed by atoms with Crippen LogP contribution in [-0.4, -0.2) is 31.6 Å². The number of para-hydroxylation sites is 1. The predicted octanol–water partition coefficient (Wildman–Crippen LogP) is 3.17. The minimum absolute atomic E-state index is 0.0236. The number of carbonyl (C=O) groups excluding carboxylic acids is 1. The largest absolute Gasteiger partial charge is 0.497 e. The highest BCUT2D eigenvalue weighted by atomic mass is 35.5. The van der Waals surface area contributed by atoms with Crippen molar-refractivity contribution in [1.82, 2.24) is 4.98 Å². The molecule has 1 amide bonds. The third-order valence-corrected chi connectivity index (χ3v) is 5.08. The number of pyridine rings is 1. The molecule has 2 aromatic carbocycles. The Morgan fingerprint density at radius 2 is 1.89 bits per heavy atom. The Morgan fingerprint density at radius 3 is 2.57 bits per heavy atom. The molecule has 3 rings (SSSR count). The van der Waals surface area contributed by atoms with Crippen molar-refractivity contribution in [1.29, 1.82) is 0 Å². The number of anilines is 1. The number of benzene rings is 2. The van der Waals surface area contributed by atoms with Gasteiger partial charge in [0.15, 0.2) is 6.54 Å². The first-order chi connectivity index (χ1) is 13.4. The number of quaternary nitrogens is 1. The molecule has 146 valence electrons. The number of ether oxygens (including phenoxy) is 1. The van der Waals surface area contributed by atoms with Crippen LogP contribution in [0.15, 0.2) is 42.5 Å². The highest BCUT2D eigenvalue weighted by Gasteiger charge is 2.15. The molecule has 0 saturated carbocycles. The molecule has 0 radical (unpaired) electrons. The van der Waals surface area contributed by atoms with E-state index in [1.54, 1.807) is 7.11 Å². The number of aryl methyl sites for hydroxylation is 2. The Labute approximate surface area is 170 Å². The van der Waals surface area contributed by atoms with Crippen LogP contribution in [0.25, 0.3) is 10.9 Å². The van der Waals surface area contributed by atoms with Crippen LogP contribution >= 0.6 is 11.6 Å². The van der Waals surface area contributed by atoms with Gasteiger partial charge in [0.25, 0.3) is 5.91 Å². The highest BCUT2D eigenvalue weighted by molar-refractivity contribution is 6.30. The van der Waals surface area contributed by atoms with Gasteiger partial charge in [-0.1, -0.05) is 29.8 Å². The van der Waals surface area contributed by atoms with E-state index < -0.39 is 0 Å². The molecule has 0 aliphatic rings. The lowest BCUT2D eigenvalue weighted by Gasteiger charge is -2.16. The molecule has 0 aliphatic carbocycles. The molecule has 2 N–H and O–H groups in total. The van der Waals surface area contributed by atoms with Gasteiger partial charge in [0.2, 0.25) is 0 Å². The summed E-state index contributed by atoms with van der Waals surface area (Å²) in [6.07, 6.45) is 0. The van der Waals surface area contributed by atoms with E-state index in [0.29, 0.717) is 18.2 Å². The maximum atomic E-state index is 12.5. The lowest BCUT2D eigenvalue weighted by molar-refractivity contribution is -0.885. The molecule has 0 bridgehead atoms. The van der Waals surface area contributed by atoms with Gasteiger partial charge < -0.3 is 15.0 Å². The van der Waals surface area contributed by atoms with Crippen LogP contribution in [0, 0.1) is 13.8 Å². The minimum atomic E-state index is -0.0236. The molecular formula is C22H25ClN3O2+. The number of rotatable bonds is 6. The van der Waals surface area contributed by atoms with E-state index in [1.807, 2.05) is 63.4 Å². The maximum Gasteiger partial charge on any atom is 0.279 e. The van der Waals surface area contributed by atoms with Gasteiger partial charge in [-0.3, -0.25) is 4.79 Å². The Bertz CT molecular complexity index is 1000. The molecule has 0 spiro atoms. The molecule has 1 unspecified atom stereocenters. The fourth-order valence-corrected chi connectivity index (χ4v) is 3.49. The summed E-state index contributed by atoms with van der Waals surface area (Å²) in [5.74, 6) is 0.722. The molecule has 1 heterocycles. The van der Waals surface area contributed by atoms with Crippen LogP contribution < -0.4 is 15.0 Å². The van der Waals surface area contributed by atoms with Crippen molar-refractivity contribution in [3.63, 3.8) is 0 Å². The average Bonchev–Trinajstić information content (AvgIpc) is 2.65. The predicted molar refractivity (Wildman–Crippen MR) is 113 cm³/mol. The second kappa shape index (κ2) is 8.59. The SMILES string of the molecule is COc1ccc2cc(C[NH+](C)CC(=O)Nc3c(C)cccc3C)c(Cl)nc2c1. The van der Waals surface area contributed by atoms with Gasteiger partial charge in [-0.15, -0.1) is 0 Å². The number of nitrogens with zero attached hydrogens (tertiary/aromatic N) is 1. The normalized spacial score (nSPS) is 12.0. The summed E-state index contributed by atoms with van der Waals surface area (Å²) in [7, 11) is 3.60. The highest BCUT2D eigenvalue weighted by Crippen LogP contribution is 2.24. The smallest absolute Gasteiger partial charge is 0.279 e. The lowest BCUT2D eigenvalue weighted by atomic mass is 10.1. The zero-order valence-corrected chi connectivity index (χ0v) is 17.4. The van der Waals surface area contributed by atoms with Crippen LogP contribution in [0.4, 0.5) is 5.69 Å². The quantitative estimate of drug-likeness (QED) is 0.627. The van der Waals surface area contributed by atoms with Crippen LogP contribution in [0.3, 0.4) is 0 Å². The molecule has 0 saturated heterocycles. The third kappa shape index (κ3) is 4.61. The maximum absolute atomic E-state index is 12.5. The first-order valence-corrected chi connectivity index (χ1v) is 9.55. The van der Waals surface area contributed by atoms with Crippen molar-refractivity contribution in [3.05, 3.63) is 64.3 Å². The van der Waals surface area contributed by atoms with Crippen LogP contribution in [0.1, 0.15) is 16.7 Å². The fourth-order valence-electron chi connectivity index (χ4n) is 3.28. The lowest BCUT2D eigenvalue weighted by Crippen LogP contribution is -3.08. The van der Waals surface area contributed by atoms with Crippen molar-refractivity contribution in [2.75, 3.05) is 26.0 Å². The molecule has 3 aromatic rings. The number of nitrogens with one attached hydrogen (secondary N) is 2. The van der Waals surface area contributed by atoms with Crippen molar-refractivity contribution < 1.29 is 14.4 Å². The zero-order valence-electron chi connectivity index (χ0n) is 16.6. The molecule has 6 heteroatoms. The Morgan fingerprint density at radius 1 is 1.18 bits per heavy atom. The molecule has 28 heavy (non-hydrogen) atoms. The summed E-state index contributed by atoms with van der Waals surface area (Å²) < 4.78 is 5.23. The van der Waals surface area contributed by atoms with Gasteiger partial charge in [0.05, 0.1) is 19.7 Å². The summed E-state index contributed by atoms with van der Waals surface area (Å²) in [6, 6.07) is 13.7. The van der Waals surface area contributed by atoms with E-state index in [1.165, 1.54) is 0 Å². The van der Waals surface area contributed by atoms with Crippen molar-refractivity contribution in [2.24, 2.45) is 0 Å². The third-order valence-electron chi connectivity index (χ3n) is 4.75. The number of halogens is 1. The number of likely N-dealkylation sites (N-methyl/N-ethyl adjacent to an activating group) is 1. The summed E-state index contributed by atoms with van der Waals surface area (Å²) >= 11 is 6.38. The van der Waals surface area contributed by atoms with Crippen molar-refractivity contribution in [2.45, 2.75) is 20.4 Å². The van der Waals surface area contributed by atoms with E-state index in [4.69, 9.17) is 16.3 Å². The topological polar surface area (TPSA) is 55.7 Å². The Kier molecular flexibility index (Phi) is 6.17. The summed E-state index contributed by atoms with van der Waals surface area (Å²) in [6.45, 7) is 4.93. The first kappa shape index (κ1) is 20.1. The molecule has 0 fully saturated rings. The van der Waals surface area contributed by atoms with E-state index in [0.717, 1.165) is 43.9 Å². The number of carbonyl (C=O) groups is 1. The van der Waals surface area contributed by atoms with Gasteiger partial charge in [-0.2, -0.15) is 0 Å². The second-order valence-electron chi connectivity index (χ2n) is 7.12. The van der Waals surface area contributed by atoms with Gasteiger partial charge in [-0.05, 0) is 43.2 Å². The average molecular weight is 399 g/mol. The van der Waals surface area contributed by atoms with Gasteiger partial charge in [-0.25, -0.2) is 4.98 Å². The number of hydrogen-bond donors (Lipinski definition) is 2. The van der Waals surface area contributed by atoms with Crippen molar-refractivity contribution >= 4 is 34.1 Å².